The van der Waals surface area contributed by atoms with Crippen LogP contribution in [0, 0.1) is 5.92 Å². The van der Waals surface area contributed by atoms with Crippen LogP contribution < -0.4 is 10.6 Å². The molecule has 5 nitrogen and oxygen atoms in total. The quantitative estimate of drug-likeness (QED) is 0.776. The Kier molecular flexibility index (Phi) is 5.51. The van der Waals surface area contributed by atoms with Crippen LogP contribution in [0.2, 0.25) is 0 Å². The number of hydrogen-bond acceptors (Lipinski definition) is 3. The van der Waals surface area contributed by atoms with E-state index < -0.39 is 5.92 Å². The minimum absolute atomic E-state index is 0.0000463. The third kappa shape index (κ3) is 3.78. The average molecular weight is 330 g/mol. The molecule has 24 heavy (non-hydrogen) atoms. The molecule has 0 saturated heterocycles. The summed E-state index contributed by atoms with van der Waals surface area (Å²) >= 11 is 0. The summed E-state index contributed by atoms with van der Waals surface area (Å²) in [6, 6.07) is 7.48. The monoisotopic (exact) mass is 330 g/mol. The van der Waals surface area contributed by atoms with E-state index in [2.05, 4.69) is 10.6 Å². The minimum Gasteiger partial charge on any atom is -0.396 e. The average Bonchev–Trinajstić information content (AvgIpc) is 2.61. The predicted molar refractivity (Wildman–Crippen MR) is 92.6 cm³/mol. The third-order valence-electron chi connectivity index (χ3n) is 5.30. The molecular weight excluding hydrogens is 304 g/mol. The van der Waals surface area contributed by atoms with Crippen LogP contribution in [0.1, 0.15) is 56.4 Å². The maximum absolute atomic E-state index is 12.9. The summed E-state index contributed by atoms with van der Waals surface area (Å²) in [4.78, 5) is 24.8. The lowest BCUT2D eigenvalue weighted by Crippen LogP contribution is -2.45. The zero-order valence-electron chi connectivity index (χ0n) is 14.0. The summed E-state index contributed by atoms with van der Waals surface area (Å²) in [6.07, 6.45) is 6.61. The molecule has 1 aliphatic heterocycles. The van der Waals surface area contributed by atoms with Gasteiger partial charge in [0.05, 0.1) is 5.92 Å². The van der Waals surface area contributed by atoms with Crippen LogP contribution in [-0.4, -0.2) is 29.6 Å². The van der Waals surface area contributed by atoms with Crippen LogP contribution >= 0.6 is 0 Å². The van der Waals surface area contributed by atoms with Crippen molar-refractivity contribution in [3.8, 4) is 0 Å². The first-order chi connectivity index (χ1) is 11.7. The Balaban J connectivity index is 1.74. The highest BCUT2D eigenvalue weighted by atomic mass is 16.3. The molecule has 0 spiro atoms. The van der Waals surface area contributed by atoms with Gasteiger partial charge >= 0.3 is 0 Å². The molecule has 2 aliphatic rings. The Morgan fingerprint density at radius 2 is 2.00 bits per heavy atom. The van der Waals surface area contributed by atoms with E-state index in [1.165, 1.54) is 19.3 Å². The van der Waals surface area contributed by atoms with Crippen molar-refractivity contribution in [3.63, 3.8) is 0 Å². The van der Waals surface area contributed by atoms with E-state index >= 15 is 0 Å². The number of rotatable bonds is 5. The lowest BCUT2D eigenvalue weighted by molar-refractivity contribution is -0.127. The normalized spacial score (nSPS) is 22.4. The molecule has 1 aliphatic carbocycles. The summed E-state index contributed by atoms with van der Waals surface area (Å²) in [5.74, 6) is -0.228. The fraction of sp³-hybridized carbons (Fsp3) is 0.579. The molecule has 5 heteroatoms. The zero-order chi connectivity index (χ0) is 16.9. The van der Waals surface area contributed by atoms with Crippen molar-refractivity contribution in [3.05, 3.63) is 29.8 Å². The number of para-hydroxylation sites is 1. The van der Waals surface area contributed by atoms with Crippen LogP contribution in [-0.2, 0) is 9.59 Å². The topological polar surface area (TPSA) is 78.4 Å². The lowest BCUT2D eigenvalue weighted by atomic mass is 9.82. The second-order valence-electron chi connectivity index (χ2n) is 6.92. The standard InChI is InChI=1S/C19H26N2O3/c22-11-10-16(13-6-2-1-3-7-13)21-19(24)15-12-18(23)20-17-9-5-4-8-14(15)17/h4-5,8-9,13,15-16,22H,1-3,6-7,10-12H2,(H,20,23)(H,21,24). The number of aliphatic hydroxyl groups is 1. The lowest BCUT2D eigenvalue weighted by Gasteiger charge is -2.33. The number of nitrogens with one attached hydrogen (secondary N) is 2. The second-order valence-corrected chi connectivity index (χ2v) is 6.92. The van der Waals surface area contributed by atoms with Crippen LogP contribution in [0.15, 0.2) is 24.3 Å². The third-order valence-corrected chi connectivity index (χ3v) is 5.30. The molecule has 2 atom stereocenters. The van der Waals surface area contributed by atoms with Crippen LogP contribution in [0.4, 0.5) is 5.69 Å². The van der Waals surface area contributed by atoms with Crippen LogP contribution in [0.5, 0.6) is 0 Å². The maximum Gasteiger partial charge on any atom is 0.228 e. The fourth-order valence-electron chi connectivity index (χ4n) is 4.03. The van der Waals surface area contributed by atoms with Crippen molar-refractivity contribution in [2.75, 3.05) is 11.9 Å². The van der Waals surface area contributed by atoms with E-state index in [9.17, 15) is 14.7 Å². The fourth-order valence-corrected chi connectivity index (χ4v) is 4.03. The number of carbonyl (C=O) groups is 2. The van der Waals surface area contributed by atoms with Gasteiger partial charge in [-0.25, -0.2) is 0 Å². The van der Waals surface area contributed by atoms with E-state index in [4.69, 9.17) is 0 Å². The van der Waals surface area contributed by atoms with E-state index in [-0.39, 0.29) is 30.9 Å². The molecule has 1 heterocycles. The number of benzene rings is 1. The molecule has 2 unspecified atom stereocenters. The first-order valence-corrected chi connectivity index (χ1v) is 8.99. The van der Waals surface area contributed by atoms with E-state index in [1.54, 1.807) is 0 Å². The second kappa shape index (κ2) is 7.79. The first-order valence-electron chi connectivity index (χ1n) is 8.99. The molecule has 3 N–H and O–H groups in total. The van der Waals surface area contributed by atoms with Gasteiger partial charge in [0, 0.05) is 24.8 Å². The number of hydrogen-bond donors (Lipinski definition) is 3. The number of carbonyl (C=O) groups excluding carboxylic acids is 2. The molecule has 0 aromatic heterocycles. The number of aliphatic hydroxyl groups excluding tert-OH is 1. The summed E-state index contributed by atoms with van der Waals surface area (Å²) in [5, 5.41) is 15.3. The Hall–Kier alpha value is -1.88. The highest BCUT2D eigenvalue weighted by molar-refractivity contribution is 6.01. The molecular formula is C19H26N2O3. The number of anilines is 1. The van der Waals surface area contributed by atoms with Gasteiger partial charge in [-0.15, -0.1) is 0 Å². The van der Waals surface area contributed by atoms with Gasteiger partial charge in [0.15, 0.2) is 0 Å². The van der Waals surface area contributed by atoms with Gasteiger partial charge in [-0.3, -0.25) is 9.59 Å². The molecule has 1 saturated carbocycles. The summed E-state index contributed by atoms with van der Waals surface area (Å²) < 4.78 is 0. The van der Waals surface area contributed by atoms with Crippen molar-refractivity contribution in [2.24, 2.45) is 5.92 Å². The SMILES string of the molecule is O=C1CC(C(=O)NC(CCO)C2CCCCC2)c2ccccc2N1. The van der Waals surface area contributed by atoms with Gasteiger partial charge in [0.2, 0.25) is 11.8 Å². The van der Waals surface area contributed by atoms with Gasteiger partial charge in [0.25, 0.3) is 0 Å². The molecule has 0 radical (unpaired) electrons. The van der Waals surface area contributed by atoms with E-state index in [0.29, 0.717) is 12.3 Å². The maximum atomic E-state index is 12.9. The van der Waals surface area contributed by atoms with Gasteiger partial charge in [-0.1, -0.05) is 37.5 Å². The molecule has 1 aromatic carbocycles. The minimum atomic E-state index is -0.445. The molecule has 0 bridgehead atoms. The highest BCUT2D eigenvalue weighted by Crippen LogP contribution is 2.33. The molecule has 1 aromatic rings. The van der Waals surface area contributed by atoms with Gasteiger partial charge in [-0.2, -0.15) is 0 Å². The smallest absolute Gasteiger partial charge is 0.228 e. The van der Waals surface area contributed by atoms with Crippen molar-refractivity contribution < 1.29 is 14.7 Å². The largest absolute Gasteiger partial charge is 0.396 e. The Labute approximate surface area is 142 Å². The Morgan fingerprint density at radius 1 is 1.25 bits per heavy atom. The summed E-state index contributed by atoms with van der Waals surface area (Å²) in [5.41, 5.74) is 1.60. The van der Waals surface area contributed by atoms with Crippen LogP contribution in [0.3, 0.4) is 0 Å². The van der Waals surface area contributed by atoms with E-state index in [1.807, 2.05) is 24.3 Å². The first kappa shape index (κ1) is 17.0. The van der Waals surface area contributed by atoms with E-state index in [0.717, 1.165) is 24.1 Å². The summed E-state index contributed by atoms with van der Waals surface area (Å²) in [6.45, 7) is 0.0726. The molecule has 3 rings (SSSR count). The van der Waals surface area contributed by atoms with Gasteiger partial charge in [0.1, 0.15) is 0 Å². The van der Waals surface area contributed by atoms with Crippen LogP contribution in [0.25, 0.3) is 0 Å². The molecule has 130 valence electrons. The van der Waals surface area contributed by atoms with Gasteiger partial charge in [-0.05, 0) is 36.8 Å². The Morgan fingerprint density at radius 3 is 2.75 bits per heavy atom. The zero-order valence-corrected chi connectivity index (χ0v) is 14.0. The van der Waals surface area contributed by atoms with Crippen molar-refractivity contribution >= 4 is 17.5 Å². The highest BCUT2D eigenvalue weighted by Gasteiger charge is 2.33. The molecule has 1 fully saturated rings. The van der Waals surface area contributed by atoms with Crippen molar-refractivity contribution in [2.45, 2.75) is 56.9 Å². The van der Waals surface area contributed by atoms with Crippen molar-refractivity contribution in [1.82, 2.24) is 5.32 Å². The van der Waals surface area contributed by atoms with Gasteiger partial charge < -0.3 is 15.7 Å². The number of fused-ring (bicyclic) bond motifs is 1. The molecule has 2 amide bonds. The van der Waals surface area contributed by atoms with Crippen molar-refractivity contribution in [1.29, 1.82) is 0 Å². The Bertz CT molecular complexity index is 596. The predicted octanol–water partition coefficient (Wildman–Crippen LogP) is 2.56. The summed E-state index contributed by atoms with van der Waals surface area (Å²) in [7, 11) is 0. The number of amides is 2.